The molecule has 1 atom stereocenters. The second-order valence-electron chi connectivity index (χ2n) is 8.73. The molecule has 1 aliphatic rings. The molecule has 0 spiro atoms. The Labute approximate surface area is 196 Å². The van der Waals surface area contributed by atoms with E-state index in [1.807, 2.05) is 45.0 Å². The number of amides is 2. The van der Waals surface area contributed by atoms with Crippen LogP contribution < -0.4 is 10.6 Å². The molecule has 1 fully saturated rings. The number of hydrogen-bond donors (Lipinski definition) is 2. The van der Waals surface area contributed by atoms with Crippen molar-refractivity contribution in [3.8, 4) is 0 Å². The predicted molar refractivity (Wildman–Crippen MR) is 130 cm³/mol. The summed E-state index contributed by atoms with van der Waals surface area (Å²) in [6.07, 6.45) is 1.70. The van der Waals surface area contributed by atoms with E-state index in [2.05, 4.69) is 10.6 Å². The Morgan fingerprint density at radius 3 is 2.33 bits per heavy atom. The molecule has 0 radical (unpaired) electrons. The van der Waals surface area contributed by atoms with Gasteiger partial charge in [0.2, 0.25) is 15.9 Å². The normalized spacial score (nSPS) is 16.2. The van der Waals surface area contributed by atoms with Crippen LogP contribution >= 0.6 is 0 Å². The van der Waals surface area contributed by atoms with Gasteiger partial charge in [0.1, 0.15) is 0 Å². The maximum Gasteiger partial charge on any atom is 0.253 e. The molecular weight excluding hydrogens is 438 g/mol. The topological polar surface area (TPSA) is 95.6 Å². The number of benzene rings is 2. The highest BCUT2D eigenvalue weighted by Gasteiger charge is 2.31. The van der Waals surface area contributed by atoms with Gasteiger partial charge in [-0.3, -0.25) is 9.59 Å². The third-order valence-electron chi connectivity index (χ3n) is 6.11. The van der Waals surface area contributed by atoms with Gasteiger partial charge in [0.15, 0.2) is 0 Å². The summed E-state index contributed by atoms with van der Waals surface area (Å²) < 4.78 is 27.1. The average molecular weight is 472 g/mol. The molecule has 8 heteroatoms. The highest BCUT2D eigenvalue weighted by Crippen LogP contribution is 2.24. The number of sulfonamides is 1. The zero-order chi connectivity index (χ0) is 24.0. The largest absolute Gasteiger partial charge is 0.350 e. The Morgan fingerprint density at radius 1 is 1.06 bits per heavy atom. The van der Waals surface area contributed by atoms with Gasteiger partial charge in [0.05, 0.1) is 17.0 Å². The van der Waals surface area contributed by atoms with Crippen LogP contribution in [0, 0.1) is 12.8 Å². The van der Waals surface area contributed by atoms with E-state index in [0.29, 0.717) is 37.2 Å². The van der Waals surface area contributed by atoms with Crippen molar-refractivity contribution in [1.29, 1.82) is 0 Å². The van der Waals surface area contributed by atoms with E-state index in [-0.39, 0.29) is 29.5 Å². The number of hydrogen-bond acceptors (Lipinski definition) is 4. The number of para-hydroxylation sites is 1. The Hall–Kier alpha value is -2.71. The molecule has 33 heavy (non-hydrogen) atoms. The van der Waals surface area contributed by atoms with Crippen LogP contribution in [0.1, 0.15) is 54.6 Å². The molecule has 2 amide bonds. The molecule has 2 aromatic rings. The first-order valence-electron chi connectivity index (χ1n) is 11.4. The summed E-state index contributed by atoms with van der Waals surface area (Å²) in [6, 6.07) is 14.5. The van der Waals surface area contributed by atoms with E-state index in [4.69, 9.17) is 0 Å². The van der Waals surface area contributed by atoms with Crippen LogP contribution in [-0.2, 0) is 20.6 Å². The van der Waals surface area contributed by atoms with Crippen LogP contribution in [0.3, 0.4) is 0 Å². The van der Waals surface area contributed by atoms with Gasteiger partial charge in [-0.15, -0.1) is 0 Å². The van der Waals surface area contributed by atoms with Crippen LogP contribution in [0.15, 0.2) is 48.5 Å². The number of nitrogens with zero attached hydrogens (tertiary/aromatic N) is 1. The van der Waals surface area contributed by atoms with Crippen LogP contribution in [0.25, 0.3) is 0 Å². The van der Waals surface area contributed by atoms with E-state index in [1.165, 1.54) is 4.31 Å². The lowest BCUT2D eigenvalue weighted by atomic mass is 9.97. The van der Waals surface area contributed by atoms with Crippen LogP contribution in [-0.4, -0.2) is 43.7 Å². The SMILES string of the molecule is CCC(C)NC(=O)c1ccccc1NC(=O)C1CCN(S(=O)(=O)Cc2ccc(C)cc2)CC1. The predicted octanol–water partition coefficient (Wildman–Crippen LogP) is 3.70. The summed E-state index contributed by atoms with van der Waals surface area (Å²) in [4.78, 5) is 25.5. The first-order valence-corrected chi connectivity index (χ1v) is 13.0. The fraction of sp³-hybridized carbons (Fsp3) is 0.440. The van der Waals surface area contributed by atoms with Gasteiger partial charge in [0, 0.05) is 25.0 Å². The zero-order valence-electron chi connectivity index (χ0n) is 19.5. The molecule has 7 nitrogen and oxygen atoms in total. The number of nitrogens with one attached hydrogen (secondary N) is 2. The minimum Gasteiger partial charge on any atom is -0.350 e. The first kappa shape index (κ1) is 24.9. The quantitative estimate of drug-likeness (QED) is 0.614. The molecular formula is C25H33N3O4S. The monoisotopic (exact) mass is 471 g/mol. The van der Waals surface area contributed by atoms with Crippen molar-refractivity contribution in [3.63, 3.8) is 0 Å². The van der Waals surface area contributed by atoms with Crippen molar-refractivity contribution in [2.45, 2.75) is 51.8 Å². The molecule has 0 aromatic heterocycles. The third-order valence-corrected chi connectivity index (χ3v) is 7.96. The van der Waals surface area contributed by atoms with Gasteiger partial charge in [-0.2, -0.15) is 0 Å². The molecule has 1 unspecified atom stereocenters. The lowest BCUT2D eigenvalue weighted by molar-refractivity contribution is -0.120. The molecule has 0 saturated carbocycles. The standard InChI is InChI=1S/C25H33N3O4S/c1-4-19(3)26-25(30)22-7-5-6-8-23(22)27-24(29)21-13-15-28(16-14-21)33(31,32)17-20-11-9-18(2)10-12-20/h5-12,19,21H,4,13-17H2,1-3H3,(H,26,30)(H,27,29). The molecule has 2 N–H and O–H groups in total. The van der Waals surface area contributed by atoms with Gasteiger partial charge >= 0.3 is 0 Å². The summed E-state index contributed by atoms with van der Waals surface area (Å²) >= 11 is 0. The van der Waals surface area contributed by atoms with Crippen molar-refractivity contribution in [2.24, 2.45) is 5.92 Å². The fourth-order valence-electron chi connectivity index (χ4n) is 3.81. The summed E-state index contributed by atoms with van der Waals surface area (Å²) in [7, 11) is -3.44. The first-order chi connectivity index (χ1) is 15.7. The Kier molecular flexibility index (Phi) is 8.26. The smallest absolute Gasteiger partial charge is 0.253 e. The Bertz CT molecular complexity index is 1080. The Balaban J connectivity index is 1.59. The second-order valence-corrected chi connectivity index (χ2v) is 10.7. The molecule has 1 saturated heterocycles. The lowest BCUT2D eigenvalue weighted by Gasteiger charge is -2.30. The number of rotatable bonds is 8. The molecule has 178 valence electrons. The summed E-state index contributed by atoms with van der Waals surface area (Å²) in [5, 5.41) is 5.80. The summed E-state index contributed by atoms with van der Waals surface area (Å²) in [5.74, 6) is -0.754. The lowest BCUT2D eigenvalue weighted by Crippen LogP contribution is -2.42. The number of piperidine rings is 1. The molecule has 1 heterocycles. The van der Waals surface area contributed by atoms with Crippen LogP contribution in [0.4, 0.5) is 5.69 Å². The minimum absolute atomic E-state index is 0.0347. The number of carbonyl (C=O) groups excluding carboxylic acids is 2. The molecule has 1 aliphatic heterocycles. The summed E-state index contributed by atoms with van der Waals surface area (Å²) in [5.41, 5.74) is 2.73. The van der Waals surface area contributed by atoms with Gasteiger partial charge in [-0.25, -0.2) is 12.7 Å². The van der Waals surface area contributed by atoms with E-state index in [9.17, 15) is 18.0 Å². The van der Waals surface area contributed by atoms with Crippen molar-refractivity contribution < 1.29 is 18.0 Å². The highest BCUT2D eigenvalue weighted by molar-refractivity contribution is 7.88. The number of aryl methyl sites for hydroxylation is 1. The Morgan fingerprint density at radius 2 is 1.70 bits per heavy atom. The number of anilines is 1. The third kappa shape index (κ3) is 6.65. The van der Waals surface area contributed by atoms with Gasteiger partial charge in [-0.1, -0.05) is 48.9 Å². The molecule has 2 aromatic carbocycles. The zero-order valence-corrected chi connectivity index (χ0v) is 20.3. The van der Waals surface area contributed by atoms with Gasteiger partial charge < -0.3 is 10.6 Å². The van der Waals surface area contributed by atoms with Gasteiger partial charge in [-0.05, 0) is 50.8 Å². The number of carbonyl (C=O) groups is 2. The van der Waals surface area contributed by atoms with Crippen molar-refractivity contribution in [3.05, 3.63) is 65.2 Å². The maximum atomic E-state index is 12.9. The van der Waals surface area contributed by atoms with Gasteiger partial charge in [0.25, 0.3) is 5.91 Å². The van der Waals surface area contributed by atoms with E-state index in [0.717, 1.165) is 17.5 Å². The second kappa shape index (κ2) is 10.9. The minimum atomic E-state index is -3.44. The summed E-state index contributed by atoms with van der Waals surface area (Å²) in [6.45, 7) is 6.50. The van der Waals surface area contributed by atoms with Crippen LogP contribution in [0.5, 0.6) is 0 Å². The van der Waals surface area contributed by atoms with Crippen LogP contribution in [0.2, 0.25) is 0 Å². The van der Waals surface area contributed by atoms with E-state index in [1.54, 1.807) is 24.3 Å². The fourth-order valence-corrected chi connectivity index (χ4v) is 5.37. The van der Waals surface area contributed by atoms with E-state index < -0.39 is 10.0 Å². The van der Waals surface area contributed by atoms with Crippen molar-refractivity contribution in [2.75, 3.05) is 18.4 Å². The molecule has 0 bridgehead atoms. The van der Waals surface area contributed by atoms with Crippen molar-refractivity contribution >= 4 is 27.5 Å². The van der Waals surface area contributed by atoms with E-state index >= 15 is 0 Å². The molecule has 3 rings (SSSR count). The van der Waals surface area contributed by atoms with Crippen molar-refractivity contribution in [1.82, 2.24) is 9.62 Å². The average Bonchev–Trinajstić information content (AvgIpc) is 2.80. The highest BCUT2D eigenvalue weighted by atomic mass is 32.2. The maximum absolute atomic E-state index is 12.9. The molecule has 0 aliphatic carbocycles.